The molecule has 100 valence electrons. The molecule has 0 bridgehead atoms. The van der Waals surface area contributed by atoms with Gasteiger partial charge in [0.2, 0.25) is 0 Å². The summed E-state index contributed by atoms with van der Waals surface area (Å²) in [5, 5.41) is 0. The van der Waals surface area contributed by atoms with Crippen LogP contribution in [0, 0.1) is 0 Å². The van der Waals surface area contributed by atoms with Crippen LogP contribution in [0.15, 0.2) is 23.0 Å². The standard InChI is InChI=1S/C11H13F3N2OS/c12-11(13,14)8-4-3-6-10(17)16(8)7-2-1-5-9(15)18/h3-4,6H,1-2,5,7H2,(H2,15,18). The number of aromatic nitrogens is 1. The SMILES string of the molecule is NC(=S)CCCCn1c(C(F)(F)F)cccc1=O. The van der Waals surface area contributed by atoms with Gasteiger partial charge in [0.1, 0.15) is 5.69 Å². The third-order valence-corrected chi connectivity index (χ3v) is 2.60. The minimum atomic E-state index is -4.52. The van der Waals surface area contributed by atoms with Crippen LogP contribution < -0.4 is 11.3 Å². The Morgan fingerprint density at radius 1 is 1.33 bits per heavy atom. The lowest BCUT2D eigenvalue weighted by atomic mass is 10.2. The maximum absolute atomic E-state index is 12.7. The highest BCUT2D eigenvalue weighted by Gasteiger charge is 2.33. The molecule has 1 aromatic heterocycles. The minimum Gasteiger partial charge on any atom is -0.393 e. The molecular weight excluding hydrogens is 265 g/mol. The van der Waals surface area contributed by atoms with Gasteiger partial charge in [-0.15, -0.1) is 0 Å². The molecule has 0 aromatic carbocycles. The second kappa shape index (κ2) is 5.99. The number of nitrogens with zero attached hydrogens (tertiary/aromatic N) is 1. The lowest BCUT2D eigenvalue weighted by Crippen LogP contribution is -2.27. The van der Waals surface area contributed by atoms with Gasteiger partial charge < -0.3 is 10.3 Å². The number of alkyl halides is 3. The molecule has 0 amide bonds. The van der Waals surface area contributed by atoms with Gasteiger partial charge in [-0.1, -0.05) is 18.3 Å². The van der Waals surface area contributed by atoms with Crippen molar-refractivity contribution in [1.82, 2.24) is 4.57 Å². The Hall–Kier alpha value is -1.37. The van der Waals surface area contributed by atoms with E-state index in [1.54, 1.807) is 0 Å². The number of thiocarbonyl (C=S) groups is 1. The molecule has 0 saturated heterocycles. The van der Waals surface area contributed by atoms with Crippen LogP contribution in [0.2, 0.25) is 0 Å². The molecule has 0 radical (unpaired) electrons. The Labute approximate surface area is 107 Å². The molecule has 1 rings (SSSR count). The highest BCUT2D eigenvalue weighted by molar-refractivity contribution is 7.80. The summed E-state index contributed by atoms with van der Waals surface area (Å²) in [5.41, 5.74) is 3.71. The largest absolute Gasteiger partial charge is 0.431 e. The molecule has 1 heterocycles. The molecule has 0 atom stereocenters. The average molecular weight is 278 g/mol. The van der Waals surface area contributed by atoms with Gasteiger partial charge in [0.25, 0.3) is 5.56 Å². The van der Waals surface area contributed by atoms with Gasteiger partial charge >= 0.3 is 6.18 Å². The van der Waals surface area contributed by atoms with Crippen molar-refractivity contribution in [3.05, 3.63) is 34.2 Å². The second-order valence-corrected chi connectivity index (χ2v) is 4.35. The summed E-state index contributed by atoms with van der Waals surface area (Å²) in [6.45, 7) is 0.0110. The van der Waals surface area contributed by atoms with Crippen molar-refractivity contribution < 1.29 is 13.2 Å². The van der Waals surface area contributed by atoms with Crippen LogP contribution in [0.5, 0.6) is 0 Å². The van der Waals surface area contributed by atoms with E-state index in [1.807, 2.05) is 0 Å². The van der Waals surface area contributed by atoms with Crippen molar-refractivity contribution in [2.24, 2.45) is 5.73 Å². The first-order chi connectivity index (χ1) is 8.32. The molecule has 3 nitrogen and oxygen atoms in total. The molecule has 1 aromatic rings. The van der Waals surface area contributed by atoms with Gasteiger partial charge in [-0.05, 0) is 25.3 Å². The molecule has 2 N–H and O–H groups in total. The van der Waals surface area contributed by atoms with Crippen LogP contribution in [-0.4, -0.2) is 9.56 Å². The van der Waals surface area contributed by atoms with Crippen LogP contribution in [0.4, 0.5) is 13.2 Å². The van der Waals surface area contributed by atoms with Crippen molar-refractivity contribution in [3.8, 4) is 0 Å². The van der Waals surface area contributed by atoms with Crippen LogP contribution in [0.1, 0.15) is 25.0 Å². The molecule has 0 saturated carbocycles. The number of hydrogen-bond donors (Lipinski definition) is 1. The zero-order chi connectivity index (χ0) is 13.8. The Bertz CT molecular complexity index is 482. The zero-order valence-electron chi connectivity index (χ0n) is 9.54. The Morgan fingerprint density at radius 3 is 2.56 bits per heavy atom. The molecule has 0 aliphatic rings. The lowest BCUT2D eigenvalue weighted by Gasteiger charge is -2.14. The van der Waals surface area contributed by atoms with Crippen LogP contribution in [0.25, 0.3) is 0 Å². The average Bonchev–Trinajstić information content (AvgIpc) is 2.24. The van der Waals surface area contributed by atoms with Gasteiger partial charge in [0, 0.05) is 12.6 Å². The first-order valence-electron chi connectivity index (χ1n) is 5.37. The minimum absolute atomic E-state index is 0.0110. The van der Waals surface area contributed by atoms with Gasteiger partial charge in [0.05, 0.1) is 4.99 Å². The third-order valence-electron chi connectivity index (χ3n) is 2.40. The third kappa shape index (κ3) is 4.14. The molecule has 0 aliphatic carbocycles. The van der Waals surface area contributed by atoms with E-state index in [4.69, 9.17) is 5.73 Å². The van der Waals surface area contributed by atoms with Crippen LogP contribution in [-0.2, 0) is 12.7 Å². The van der Waals surface area contributed by atoms with E-state index in [0.29, 0.717) is 24.3 Å². The van der Waals surface area contributed by atoms with E-state index in [-0.39, 0.29) is 6.54 Å². The Balaban J connectivity index is 2.81. The monoisotopic (exact) mass is 278 g/mol. The predicted octanol–water partition coefficient (Wildman–Crippen LogP) is 2.32. The topological polar surface area (TPSA) is 48.0 Å². The summed E-state index contributed by atoms with van der Waals surface area (Å²) < 4.78 is 38.7. The van der Waals surface area contributed by atoms with Crippen molar-refractivity contribution >= 4 is 17.2 Å². The fourth-order valence-corrected chi connectivity index (χ4v) is 1.71. The molecular formula is C11H13F3N2OS. The Kier molecular flexibility index (Phi) is 4.89. The van der Waals surface area contributed by atoms with E-state index >= 15 is 0 Å². The van der Waals surface area contributed by atoms with Gasteiger partial charge in [-0.3, -0.25) is 4.79 Å². The maximum atomic E-state index is 12.7. The number of halogens is 3. The molecule has 7 heteroatoms. The van der Waals surface area contributed by atoms with Crippen molar-refractivity contribution in [2.45, 2.75) is 32.0 Å². The summed E-state index contributed by atoms with van der Waals surface area (Å²) in [5.74, 6) is 0. The second-order valence-electron chi connectivity index (χ2n) is 3.82. The zero-order valence-corrected chi connectivity index (χ0v) is 10.4. The predicted molar refractivity (Wildman–Crippen MR) is 66.3 cm³/mol. The highest BCUT2D eigenvalue weighted by atomic mass is 32.1. The number of unbranched alkanes of at least 4 members (excludes halogenated alkanes) is 1. The van der Waals surface area contributed by atoms with Gasteiger partial charge in [0.15, 0.2) is 0 Å². The van der Waals surface area contributed by atoms with Gasteiger partial charge in [-0.2, -0.15) is 13.2 Å². The van der Waals surface area contributed by atoms with E-state index in [9.17, 15) is 18.0 Å². The lowest BCUT2D eigenvalue weighted by molar-refractivity contribution is -0.144. The fraction of sp³-hybridized carbons (Fsp3) is 0.455. The molecule has 0 spiro atoms. The van der Waals surface area contributed by atoms with Crippen molar-refractivity contribution in [2.75, 3.05) is 0 Å². The summed E-state index contributed by atoms with van der Waals surface area (Å²) in [6, 6.07) is 3.12. The number of nitrogens with two attached hydrogens (primary N) is 1. The van der Waals surface area contributed by atoms with Crippen molar-refractivity contribution in [3.63, 3.8) is 0 Å². The smallest absolute Gasteiger partial charge is 0.393 e. The molecule has 18 heavy (non-hydrogen) atoms. The molecule has 0 unspecified atom stereocenters. The highest BCUT2D eigenvalue weighted by Crippen LogP contribution is 2.28. The summed E-state index contributed by atoms with van der Waals surface area (Å²) in [6.07, 6.45) is -3.07. The van der Waals surface area contributed by atoms with E-state index in [0.717, 1.165) is 22.8 Å². The quantitative estimate of drug-likeness (QED) is 0.664. The first-order valence-corrected chi connectivity index (χ1v) is 5.78. The molecule has 0 fully saturated rings. The number of rotatable bonds is 5. The summed E-state index contributed by atoms with van der Waals surface area (Å²) >= 11 is 4.67. The van der Waals surface area contributed by atoms with Crippen molar-refractivity contribution in [1.29, 1.82) is 0 Å². The fourth-order valence-electron chi connectivity index (χ4n) is 1.57. The van der Waals surface area contributed by atoms with E-state index in [2.05, 4.69) is 12.2 Å². The normalized spacial score (nSPS) is 11.5. The van der Waals surface area contributed by atoms with Gasteiger partial charge in [-0.25, -0.2) is 0 Å². The van der Waals surface area contributed by atoms with Crippen LogP contribution in [0.3, 0.4) is 0 Å². The molecule has 0 aliphatic heterocycles. The van der Waals surface area contributed by atoms with Crippen LogP contribution >= 0.6 is 12.2 Å². The summed E-state index contributed by atoms with van der Waals surface area (Å²) in [4.78, 5) is 11.8. The summed E-state index contributed by atoms with van der Waals surface area (Å²) in [7, 11) is 0. The Morgan fingerprint density at radius 2 is 2.00 bits per heavy atom. The van der Waals surface area contributed by atoms with E-state index < -0.39 is 17.4 Å². The first kappa shape index (κ1) is 14.7. The number of hydrogen-bond acceptors (Lipinski definition) is 2. The number of pyridine rings is 1. The maximum Gasteiger partial charge on any atom is 0.431 e. The van der Waals surface area contributed by atoms with E-state index in [1.165, 1.54) is 0 Å².